The summed E-state index contributed by atoms with van der Waals surface area (Å²) in [6.45, 7) is 0. The number of H-pyrrole nitrogens is 1. The summed E-state index contributed by atoms with van der Waals surface area (Å²) >= 11 is 11.8. The van der Waals surface area contributed by atoms with Gasteiger partial charge in [-0.3, -0.25) is 0 Å². The first-order chi connectivity index (χ1) is 11.1. The molecule has 0 radical (unpaired) electrons. The van der Waals surface area contributed by atoms with Crippen LogP contribution in [-0.4, -0.2) is 26.5 Å². The average Bonchev–Trinajstić information content (AvgIpc) is 3.01. The maximum Gasteiger partial charge on any atom is 0.358 e. The number of aromatic carboxylic acids is 1. The Morgan fingerprint density at radius 2 is 1.87 bits per heavy atom. The van der Waals surface area contributed by atoms with Gasteiger partial charge in [0.15, 0.2) is 5.69 Å². The number of hydrogen-bond acceptors (Lipinski definition) is 4. The van der Waals surface area contributed by atoms with Crippen molar-refractivity contribution in [2.45, 2.75) is 0 Å². The Kier molecular flexibility index (Phi) is 4.18. The number of nitrogens with one attached hydrogen (secondary N) is 1. The second kappa shape index (κ2) is 6.28. The van der Waals surface area contributed by atoms with Gasteiger partial charge < -0.3 is 9.84 Å². The first-order valence-corrected chi connectivity index (χ1v) is 7.18. The molecule has 0 amide bonds. The number of ether oxygens (including phenoxy) is 1. The molecule has 23 heavy (non-hydrogen) atoms. The Bertz CT molecular complexity index is 880. The maximum atomic E-state index is 11.2. The van der Waals surface area contributed by atoms with E-state index in [0.717, 1.165) is 0 Å². The number of rotatable bonds is 4. The number of nitrogens with zero attached hydrogens (tertiary/aromatic N) is 2. The molecule has 6 nitrogen and oxygen atoms in total. The number of para-hydroxylation sites is 1. The Balaban J connectivity index is 2.02. The Morgan fingerprint density at radius 1 is 1.09 bits per heavy atom. The summed E-state index contributed by atoms with van der Waals surface area (Å²) in [5.41, 5.74) is 0.494. The fraction of sp³-hybridized carbons (Fsp3) is 0. The van der Waals surface area contributed by atoms with Crippen LogP contribution in [0, 0.1) is 0 Å². The topological polar surface area (TPSA) is 88.1 Å². The highest BCUT2D eigenvalue weighted by atomic mass is 35.5. The van der Waals surface area contributed by atoms with Gasteiger partial charge in [0.05, 0.1) is 10.0 Å². The highest BCUT2D eigenvalue weighted by molar-refractivity contribution is 6.42. The van der Waals surface area contributed by atoms with Crippen LogP contribution < -0.4 is 4.74 Å². The minimum Gasteiger partial charge on any atom is -0.476 e. The summed E-state index contributed by atoms with van der Waals surface area (Å²) in [5, 5.41) is 19.8. The fourth-order valence-corrected chi connectivity index (χ4v) is 2.27. The standard InChI is InChI=1S/C15H9Cl2N3O3/c16-10-6-5-8(7-11(10)17)23-12-4-2-1-3-9(12)13-14(15(21)22)19-20-18-13/h1-7H,(H,21,22)(H,18,19,20). The van der Waals surface area contributed by atoms with Gasteiger partial charge >= 0.3 is 5.97 Å². The van der Waals surface area contributed by atoms with E-state index in [1.165, 1.54) is 0 Å². The predicted molar refractivity (Wildman–Crippen MR) is 85.3 cm³/mol. The van der Waals surface area contributed by atoms with E-state index in [9.17, 15) is 4.79 Å². The third-order valence-corrected chi connectivity index (χ3v) is 3.75. The summed E-state index contributed by atoms with van der Waals surface area (Å²) in [6.07, 6.45) is 0. The van der Waals surface area contributed by atoms with Crippen LogP contribution in [0.1, 0.15) is 10.5 Å². The van der Waals surface area contributed by atoms with Crippen LogP contribution in [0.2, 0.25) is 10.0 Å². The molecular formula is C15H9Cl2N3O3. The zero-order valence-electron chi connectivity index (χ0n) is 11.5. The second-order valence-electron chi connectivity index (χ2n) is 4.50. The quantitative estimate of drug-likeness (QED) is 0.734. The van der Waals surface area contributed by atoms with E-state index < -0.39 is 5.97 Å². The molecule has 0 atom stereocenters. The molecule has 116 valence electrons. The molecule has 0 unspecified atom stereocenters. The molecule has 3 rings (SSSR count). The number of carboxylic acid groups (broad SMARTS) is 1. The van der Waals surface area contributed by atoms with Gasteiger partial charge in [-0.25, -0.2) is 4.79 Å². The molecule has 0 fully saturated rings. The molecular weight excluding hydrogens is 341 g/mol. The summed E-state index contributed by atoms with van der Waals surface area (Å²) in [7, 11) is 0. The monoisotopic (exact) mass is 349 g/mol. The minimum absolute atomic E-state index is 0.185. The smallest absolute Gasteiger partial charge is 0.358 e. The molecule has 3 aromatic rings. The van der Waals surface area contributed by atoms with Crippen LogP contribution in [0.4, 0.5) is 0 Å². The van der Waals surface area contributed by atoms with Crippen LogP contribution in [0.5, 0.6) is 11.5 Å². The Hall–Kier alpha value is -2.57. The Morgan fingerprint density at radius 3 is 2.61 bits per heavy atom. The van der Waals surface area contributed by atoms with Crippen molar-refractivity contribution >= 4 is 29.2 Å². The van der Waals surface area contributed by atoms with Crippen molar-refractivity contribution in [1.29, 1.82) is 0 Å². The minimum atomic E-state index is -1.18. The van der Waals surface area contributed by atoms with E-state index in [2.05, 4.69) is 15.4 Å². The van der Waals surface area contributed by atoms with Crippen LogP contribution in [0.25, 0.3) is 11.3 Å². The van der Waals surface area contributed by atoms with Crippen LogP contribution in [0.3, 0.4) is 0 Å². The lowest BCUT2D eigenvalue weighted by Gasteiger charge is -2.10. The van der Waals surface area contributed by atoms with Crippen LogP contribution >= 0.6 is 23.2 Å². The van der Waals surface area contributed by atoms with Gasteiger partial charge in [-0.05, 0) is 24.3 Å². The number of carboxylic acids is 1. The van der Waals surface area contributed by atoms with Gasteiger partial charge in [0.25, 0.3) is 0 Å². The normalized spacial score (nSPS) is 10.5. The maximum absolute atomic E-state index is 11.2. The lowest BCUT2D eigenvalue weighted by atomic mass is 10.1. The van der Waals surface area contributed by atoms with E-state index in [1.807, 2.05) is 0 Å². The van der Waals surface area contributed by atoms with Crippen LogP contribution in [0.15, 0.2) is 42.5 Å². The molecule has 2 N–H and O–H groups in total. The second-order valence-corrected chi connectivity index (χ2v) is 5.31. The molecule has 0 aliphatic rings. The highest BCUT2D eigenvalue weighted by Gasteiger charge is 2.20. The van der Waals surface area contributed by atoms with Crippen molar-refractivity contribution in [2.75, 3.05) is 0 Å². The zero-order chi connectivity index (χ0) is 16.4. The van der Waals surface area contributed by atoms with Crippen LogP contribution in [-0.2, 0) is 0 Å². The van der Waals surface area contributed by atoms with E-state index in [0.29, 0.717) is 27.1 Å². The number of aromatic amines is 1. The van der Waals surface area contributed by atoms with E-state index >= 15 is 0 Å². The van der Waals surface area contributed by atoms with Gasteiger partial charge in [-0.15, -0.1) is 5.10 Å². The zero-order valence-corrected chi connectivity index (χ0v) is 13.0. The molecule has 0 aliphatic carbocycles. The van der Waals surface area contributed by atoms with Crippen molar-refractivity contribution in [2.24, 2.45) is 0 Å². The van der Waals surface area contributed by atoms with Crippen molar-refractivity contribution < 1.29 is 14.6 Å². The molecule has 0 saturated carbocycles. The lowest BCUT2D eigenvalue weighted by Crippen LogP contribution is -2.00. The first kappa shape index (κ1) is 15.3. The van der Waals surface area contributed by atoms with Gasteiger partial charge in [0, 0.05) is 11.6 Å². The molecule has 0 spiro atoms. The van der Waals surface area contributed by atoms with Crippen molar-refractivity contribution in [1.82, 2.24) is 15.4 Å². The summed E-state index contributed by atoms with van der Waals surface area (Å²) in [5.74, 6) is -0.299. The van der Waals surface area contributed by atoms with Gasteiger partial charge in [0.2, 0.25) is 0 Å². The summed E-state index contributed by atoms with van der Waals surface area (Å²) in [6, 6.07) is 11.7. The third kappa shape index (κ3) is 3.13. The average molecular weight is 350 g/mol. The molecule has 1 aromatic heterocycles. The largest absolute Gasteiger partial charge is 0.476 e. The van der Waals surface area contributed by atoms with Crippen molar-refractivity contribution in [3.63, 3.8) is 0 Å². The Labute approximate surface area is 140 Å². The van der Waals surface area contributed by atoms with E-state index in [1.54, 1.807) is 42.5 Å². The molecule has 0 aliphatic heterocycles. The van der Waals surface area contributed by atoms with Gasteiger partial charge in [-0.2, -0.15) is 10.3 Å². The molecule has 8 heteroatoms. The van der Waals surface area contributed by atoms with E-state index in [-0.39, 0.29) is 11.4 Å². The fourth-order valence-electron chi connectivity index (χ4n) is 1.99. The van der Waals surface area contributed by atoms with Crippen molar-refractivity contribution in [3.05, 3.63) is 58.2 Å². The molecule has 0 saturated heterocycles. The molecule has 1 heterocycles. The number of aromatic nitrogens is 3. The lowest BCUT2D eigenvalue weighted by molar-refractivity contribution is 0.0691. The summed E-state index contributed by atoms with van der Waals surface area (Å²) < 4.78 is 5.79. The number of halogens is 2. The van der Waals surface area contributed by atoms with Gasteiger partial charge in [0.1, 0.15) is 17.2 Å². The third-order valence-electron chi connectivity index (χ3n) is 3.01. The van der Waals surface area contributed by atoms with E-state index in [4.69, 9.17) is 33.0 Å². The predicted octanol–water partition coefficient (Wildman–Crippen LogP) is 4.27. The molecule has 2 aromatic carbocycles. The molecule has 0 bridgehead atoms. The first-order valence-electron chi connectivity index (χ1n) is 6.42. The number of hydrogen-bond donors (Lipinski definition) is 2. The summed E-state index contributed by atoms with van der Waals surface area (Å²) in [4.78, 5) is 11.2. The van der Waals surface area contributed by atoms with Gasteiger partial charge in [-0.1, -0.05) is 35.3 Å². The number of benzene rings is 2. The number of carbonyl (C=O) groups is 1. The highest BCUT2D eigenvalue weighted by Crippen LogP contribution is 2.35. The van der Waals surface area contributed by atoms with Crippen molar-refractivity contribution in [3.8, 4) is 22.8 Å². The SMILES string of the molecule is O=C(O)c1n[nH]nc1-c1ccccc1Oc1ccc(Cl)c(Cl)c1.